The monoisotopic (exact) mass is 301 g/mol. The average Bonchev–Trinajstić information content (AvgIpc) is 2.37. The van der Waals surface area contributed by atoms with Crippen molar-refractivity contribution in [1.29, 1.82) is 0 Å². The van der Waals surface area contributed by atoms with Crippen molar-refractivity contribution in [2.75, 3.05) is 20.3 Å². The number of hydrogen-bond donors (Lipinski definition) is 1. The second-order valence-corrected chi connectivity index (χ2v) is 5.15. The molecule has 0 radical (unpaired) electrons. The van der Waals surface area contributed by atoms with Crippen LogP contribution in [0.5, 0.6) is 0 Å². The smallest absolute Gasteiger partial charge is 0.137 e. The molecule has 1 aliphatic rings. The molecule has 2 nitrogen and oxygen atoms in total. The van der Waals surface area contributed by atoms with Crippen molar-refractivity contribution in [3.8, 4) is 0 Å². The minimum absolute atomic E-state index is 0.184. The Morgan fingerprint density at radius 1 is 1.41 bits per heavy atom. The molecule has 1 atom stereocenters. The zero-order chi connectivity index (χ0) is 12.3. The van der Waals surface area contributed by atoms with E-state index >= 15 is 0 Å². The van der Waals surface area contributed by atoms with E-state index in [1.165, 1.54) is 6.07 Å². The molecule has 1 unspecified atom stereocenters. The molecule has 1 aromatic rings. The molecule has 1 aliphatic heterocycles. The zero-order valence-electron chi connectivity index (χ0n) is 9.88. The number of rotatable bonds is 3. The Morgan fingerprint density at radius 2 is 2.12 bits per heavy atom. The summed E-state index contributed by atoms with van der Waals surface area (Å²) in [6, 6.07) is 5.40. The lowest BCUT2D eigenvalue weighted by molar-refractivity contribution is 0.0545. The summed E-state index contributed by atoms with van der Waals surface area (Å²) in [6.07, 6.45) is 2.04. The second kappa shape index (κ2) is 5.94. The fraction of sp³-hybridized carbons (Fsp3) is 0.538. The van der Waals surface area contributed by atoms with Crippen molar-refractivity contribution in [2.24, 2.45) is 5.92 Å². The fourth-order valence-electron chi connectivity index (χ4n) is 2.45. The summed E-state index contributed by atoms with van der Waals surface area (Å²) in [5.41, 5.74) is 0.999. The number of benzene rings is 1. The third kappa shape index (κ3) is 2.87. The lowest BCUT2D eigenvalue weighted by Gasteiger charge is -2.31. The van der Waals surface area contributed by atoms with Crippen molar-refractivity contribution >= 4 is 15.9 Å². The van der Waals surface area contributed by atoms with Gasteiger partial charge >= 0.3 is 0 Å². The van der Waals surface area contributed by atoms with E-state index in [4.69, 9.17) is 4.74 Å². The molecule has 0 spiro atoms. The summed E-state index contributed by atoms with van der Waals surface area (Å²) >= 11 is 3.34. The molecule has 0 saturated carbocycles. The van der Waals surface area contributed by atoms with E-state index in [1.807, 2.05) is 13.1 Å². The van der Waals surface area contributed by atoms with Crippen LogP contribution in [-0.4, -0.2) is 20.3 Å². The molecule has 0 amide bonds. The summed E-state index contributed by atoms with van der Waals surface area (Å²) in [5, 5.41) is 3.30. The molecular weight excluding hydrogens is 285 g/mol. The van der Waals surface area contributed by atoms with Gasteiger partial charge in [0.15, 0.2) is 0 Å². The number of nitrogens with one attached hydrogen (secondary N) is 1. The molecule has 4 heteroatoms. The summed E-state index contributed by atoms with van der Waals surface area (Å²) in [4.78, 5) is 0. The highest BCUT2D eigenvalue weighted by atomic mass is 79.9. The van der Waals surface area contributed by atoms with Gasteiger partial charge in [0.05, 0.1) is 4.47 Å². The molecule has 2 rings (SSSR count). The third-order valence-electron chi connectivity index (χ3n) is 3.36. The van der Waals surface area contributed by atoms with Crippen LogP contribution in [-0.2, 0) is 4.74 Å². The molecule has 1 heterocycles. The summed E-state index contributed by atoms with van der Waals surface area (Å²) < 4.78 is 19.5. The van der Waals surface area contributed by atoms with Crippen LogP contribution in [0.15, 0.2) is 22.7 Å². The van der Waals surface area contributed by atoms with Crippen LogP contribution < -0.4 is 5.32 Å². The van der Waals surface area contributed by atoms with Crippen LogP contribution in [0.25, 0.3) is 0 Å². The van der Waals surface area contributed by atoms with Gasteiger partial charge in [0.1, 0.15) is 5.82 Å². The Morgan fingerprint density at radius 3 is 2.76 bits per heavy atom. The summed E-state index contributed by atoms with van der Waals surface area (Å²) in [7, 11) is 1.93. The number of hydrogen-bond acceptors (Lipinski definition) is 2. The first-order chi connectivity index (χ1) is 8.24. The molecular formula is C13H17BrFNO. The number of halogens is 2. The molecule has 17 heavy (non-hydrogen) atoms. The maximum absolute atomic E-state index is 13.5. The van der Waals surface area contributed by atoms with Gasteiger partial charge in [-0.15, -0.1) is 0 Å². The van der Waals surface area contributed by atoms with Crippen molar-refractivity contribution in [3.63, 3.8) is 0 Å². The highest BCUT2D eigenvalue weighted by Gasteiger charge is 2.26. The average molecular weight is 302 g/mol. The lowest BCUT2D eigenvalue weighted by atomic mass is 9.87. The SMILES string of the molecule is CNC(c1cccc(F)c1Br)C1CCOCC1. The summed E-state index contributed by atoms with van der Waals surface area (Å²) in [5.74, 6) is 0.307. The van der Waals surface area contributed by atoms with E-state index in [2.05, 4.69) is 21.2 Å². The van der Waals surface area contributed by atoms with Gasteiger partial charge in [-0.3, -0.25) is 0 Å². The van der Waals surface area contributed by atoms with Crippen LogP contribution in [0.2, 0.25) is 0 Å². The minimum atomic E-state index is -0.199. The van der Waals surface area contributed by atoms with E-state index in [1.54, 1.807) is 6.07 Å². The molecule has 94 valence electrons. The van der Waals surface area contributed by atoms with Crippen molar-refractivity contribution in [2.45, 2.75) is 18.9 Å². The maximum Gasteiger partial charge on any atom is 0.137 e. The van der Waals surface area contributed by atoms with Crippen molar-refractivity contribution in [1.82, 2.24) is 5.32 Å². The predicted molar refractivity (Wildman–Crippen MR) is 69.4 cm³/mol. The minimum Gasteiger partial charge on any atom is -0.381 e. The van der Waals surface area contributed by atoms with E-state index in [0.29, 0.717) is 10.4 Å². The highest BCUT2D eigenvalue weighted by Crippen LogP contribution is 2.34. The van der Waals surface area contributed by atoms with Crippen LogP contribution in [0, 0.1) is 11.7 Å². The van der Waals surface area contributed by atoms with Crippen LogP contribution in [0.1, 0.15) is 24.4 Å². The molecule has 0 aromatic heterocycles. The molecule has 1 N–H and O–H groups in total. The molecule has 1 aromatic carbocycles. The first-order valence-corrected chi connectivity index (χ1v) is 6.72. The molecule has 1 saturated heterocycles. The zero-order valence-corrected chi connectivity index (χ0v) is 11.5. The third-order valence-corrected chi connectivity index (χ3v) is 4.20. The Hall–Kier alpha value is -0.450. The topological polar surface area (TPSA) is 21.3 Å². The second-order valence-electron chi connectivity index (χ2n) is 4.36. The first-order valence-electron chi connectivity index (χ1n) is 5.93. The van der Waals surface area contributed by atoms with Gasteiger partial charge < -0.3 is 10.1 Å². The van der Waals surface area contributed by atoms with Crippen LogP contribution in [0.4, 0.5) is 4.39 Å². The van der Waals surface area contributed by atoms with Gasteiger partial charge in [0.2, 0.25) is 0 Å². The highest BCUT2D eigenvalue weighted by molar-refractivity contribution is 9.10. The molecule has 0 aliphatic carbocycles. The van der Waals surface area contributed by atoms with E-state index < -0.39 is 0 Å². The van der Waals surface area contributed by atoms with Gasteiger partial charge in [-0.2, -0.15) is 0 Å². The van der Waals surface area contributed by atoms with E-state index in [-0.39, 0.29) is 11.9 Å². The standard InChI is InChI=1S/C13H17BrFNO/c1-16-13(9-5-7-17-8-6-9)10-3-2-4-11(15)12(10)14/h2-4,9,13,16H,5-8H2,1H3. The van der Waals surface area contributed by atoms with Crippen LogP contribution >= 0.6 is 15.9 Å². The molecule has 1 fully saturated rings. The quantitative estimate of drug-likeness (QED) is 0.925. The van der Waals surface area contributed by atoms with E-state index in [9.17, 15) is 4.39 Å². The molecule has 0 bridgehead atoms. The predicted octanol–water partition coefficient (Wildman–Crippen LogP) is 3.28. The normalized spacial score (nSPS) is 19.2. The Bertz CT molecular complexity index is 380. The van der Waals surface area contributed by atoms with Crippen molar-refractivity contribution in [3.05, 3.63) is 34.1 Å². The Balaban J connectivity index is 2.24. The number of ether oxygens (including phenoxy) is 1. The van der Waals surface area contributed by atoms with Gasteiger partial charge in [0.25, 0.3) is 0 Å². The first kappa shape index (κ1) is 13.0. The van der Waals surface area contributed by atoms with Gasteiger partial charge in [-0.25, -0.2) is 4.39 Å². The summed E-state index contributed by atoms with van der Waals surface area (Å²) in [6.45, 7) is 1.60. The fourth-order valence-corrected chi connectivity index (χ4v) is 2.97. The van der Waals surface area contributed by atoms with Gasteiger partial charge in [0, 0.05) is 19.3 Å². The van der Waals surface area contributed by atoms with Gasteiger partial charge in [-0.1, -0.05) is 12.1 Å². The Kier molecular flexibility index (Phi) is 4.54. The lowest BCUT2D eigenvalue weighted by Crippen LogP contribution is -2.30. The van der Waals surface area contributed by atoms with Crippen molar-refractivity contribution < 1.29 is 9.13 Å². The Labute approximate surface area is 110 Å². The van der Waals surface area contributed by atoms with E-state index in [0.717, 1.165) is 31.6 Å². The largest absolute Gasteiger partial charge is 0.381 e. The van der Waals surface area contributed by atoms with Gasteiger partial charge in [-0.05, 0) is 53.4 Å². The maximum atomic E-state index is 13.5. The van der Waals surface area contributed by atoms with Crippen LogP contribution in [0.3, 0.4) is 0 Å².